The predicted molar refractivity (Wildman–Crippen MR) is 96.4 cm³/mol. The van der Waals surface area contributed by atoms with E-state index in [1.165, 1.54) is 6.07 Å². The summed E-state index contributed by atoms with van der Waals surface area (Å²) in [5.74, 6) is -3.60. The molecular weight excluding hydrogens is 354 g/mol. The molecule has 0 spiro atoms. The number of carboxylic acid groups (broad SMARTS) is 1. The molecule has 1 amide bonds. The Balaban J connectivity index is 1.61. The third kappa shape index (κ3) is 4.89. The number of anilines is 1. The largest absolute Gasteiger partial charge is 0.481 e. The average molecular weight is 374 g/mol. The Morgan fingerprint density at radius 3 is 2.48 bits per heavy atom. The Morgan fingerprint density at radius 1 is 1.07 bits per heavy atom. The molecule has 0 aliphatic carbocycles. The van der Waals surface area contributed by atoms with Crippen LogP contribution in [0.1, 0.15) is 28.8 Å². The van der Waals surface area contributed by atoms with Crippen LogP contribution in [-0.4, -0.2) is 35.0 Å². The quantitative estimate of drug-likeness (QED) is 0.840. The number of aliphatic carboxylic acids is 1. The molecule has 1 heterocycles. The molecule has 5 nitrogen and oxygen atoms in total. The number of benzene rings is 2. The maximum Gasteiger partial charge on any atom is 0.306 e. The molecule has 0 saturated carbocycles. The molecule has 1 aliphatic heterocycles. The van der Waals surface area contributed by atoms with E-state index in [1.807, 2.05) is 12.1 Å². The van der Waals surface area contributed by atoms with Gasteiger partial charge in [0.1, 0.15) is 0 Å². The summed E-state index contributed by atoms with van der Waals surface area (Å²) >= 11 is 0. The van der Waals surface area contributed by atoms with Crippen LogP contribution < -0.4 is 5.32 Å². The molecule has 0 radical (unpaired) electrons. The Hall–Kier alpha value is -2.80. The van der Waals surface area contributed by atoms with Gasteiger partial charge in [-0.25, -0.2) is 8.78 Å². The van der Waals surface area contributed by atoms with Crippen molar-refractivity contribution in [3.8, 4) is 0 Å². The second-order valence-corrected chi connectivity index (χ2v) is 6.67. The SMILES string of the molecule is O=C(Nc1cccc(CN2CCC(C(=O)O)CC2)c1)c1ccc(F)c(F)c1. The van der Waals surface area contributed by atoms with Gasteiger partial charge in [-0.05, 0) is 61.8 Å². The van der Waals surface area contributed by atoms with E-state index < -0.39 is 23.5 Å². The van der Waals surface area contributed by atoms with Crippen LogP contribution in [0.5, 0.6) is 0 Å². The van der Waals surface area contributed by atoms with Crippen molar-refractivity contribution in [2.45, 2.75) is 19.4 Å². The van der Waals surface area contributed by atoms with E-state index in [4.69, 9.17) is 5.11 Å². The van der Waals surface area contributed by atoms with Gasteiger partial charge < -0.3 is 10.4 Å². The zero-order valence-corrected chi connectivity index (χ0v) is 14.6. The number of nitrogens with one attached hydrogen (secondary N) is 1. The molecule has 2 aromatic carbocycles. The van der Waals surface area contributed by atoms with Crippen LogP contribution in [0.15, 0.2) is 42.5 Å². The molecule has 27 heavy (non-hydrogen) atoms. The van der Waals surface area contributed by atoms with E-state index in [1.54, 1.807) is 12.1 Å². The summed E-state index contributed by atoms with van der Waals surface area (Å²) in [6, 6.07) is 10.3. The summed E-state index contributed by atoms with van der Waals surface area (Å²) < 4.78 is 26.3. The molecule has 2 N–H and O–H groups in total. The number of likely N-dealkylation sites (tertiary alicyclic amines) is 1. The standard InChI is InChI=1S/C20H20F2N2O3/c21-17-5-4-15(11-18(17)22)19(25)23-16-3-1-2-13(10-16)12-24-8-6-14(7-9-24)20(26)27/h1-5,10-11,14H,6-9,12H2,(H,23,25)(H,26,27). The van der Waals surface area contributed by atoms with Gasteiger partial charge in [0.05, 0.1) is 5.92 Å². The fraction of sp³-hybridized carbons (Fsp3) is 0.300. The van der Waals surface area contributed by atoms with Crippen LogP contribution in [0.2, 0.25) is 0 Å². The van der Waals surface area contributed by atoms with Gasteiger partial charge in [0.15, 0.2) is 11.6 Å². The Labute approximate surface area is 155 Å². The summed E-state index contributed by atoms with van der Waals surface area (Å²) in [7, 11) is 0. The first-order chi connectivity index (χ1) is 12.9. The van der Waals surface area contributed by atoms with E-state index in [0.29, 0.717) is 38.2 Å². The minimum Gasteiger partial charge on any atom is -0.481 e. The van der Waals surface area contributed by atoms with Crippen LogP contribution in [0.3, 0.4) is 0 Å². The van der Waals surface area contributed by atoms with Crippen LogP contribution in [0.4, 0.5) is 14.5 Å². The van der Waals surface area contributed by atoms with Crippen molar-refractivity contribution < 1.29 is 23.5 Å². The van der Waals surface area contributed by atoms with Crippen LogP contribution >= 0.6 is 0 Å². The highest BCUT2D eigenvalue weighted by Gasteiger charge is 2.24. The van der Waals surface area contributed by atoms with Gasteiger partial charge in [-0.15, -0.1) is 0 Å². The Bertz CT molecular complexity index is 849. The maximum atomic E-state index is 13.3. The molecule has 3 rings (SSSR count). The Kier molecular flexibility index (Phi) is 5.81. The fourth-order valence-corrected chi connectivity index (χ4v) is 3.18. The molecule has 2 aromatic rings. The highest BCUT2D eigenvalue weighted by atomic mass is 19.2. The van der Waals surface area contributed by atoms with Gasteiger partial charge in [-0.3, -0.25) is 14.5 Å². The van der Waals surface area contributed by atoms with E-state index in [-0.39, 0.29) is 11.5 Å². The lowest BCUT2D eigenvalue weighted by molar-refractivity contribution is -0.143. The number of piperidine rings is 1. The van der Waals surface area contributed by atoms with Crippen molar-refractivity contribution in [2.75, 3.05) is 18.4 Å². The monoisotopic (exact) mass is 374 g/mol. The second kappa shape index (κ2) is 8.26. The van der Waals surface area contributed by atoms with Gasteiger partial charge in [-0.2, -0.15) is 0 Å². The third-order valence-electron chi connectivity index (χ3n) is 4.71. The third-order valence-corrected chi connectivity index (χ3v) is 4.71. The number of carbonyl (C=O) groups is 2. The normalized spacial score (nSPS) is 15.5. The second-order valence-electron chi connectivity index (χ2n) is 6.67. The molecule has 1 aliphatic rings. The Morgan fingerprint density at radius 2 is 1.81 bits per heavy atom. The number of rotatable bonds is 5. The average Bonchev–Trinajstić information content (AvgIpc) is 2.64. The summed E-state index contributed by atoms with van der Waals surface area (Å²) in [5, 5.41) is 11.7. The lowest BCUT2D eigenvalue weighted by atomic mass is 9.97. The smallest absolute Gasteiger partial charge is 0.306 e. The molecule has 0 unspecified atom stereocenters. The molecule has 1 saturated heterocycles. The summed E-state index contributed by atoms with van der Waals surface area (Å²) in [5.41, 5.74) is 1.57. The van der Waals surface area contributed by atoms with E-state index >= 15 is 0 Å². The molecule has 142 valence electrons. The number of amides is 1. The minimum absolute atomic E-state index is 0.0371. The summed E-state index contributed by atoms with van der Waals surface area (Å²) in [6.07, 6.45) is 1.25. The van der Waals surface area contributed by atoms with E-state index in [2.05, 4.69) is 10.2 Å². The van der Waals surface area contributed by atoms with Crippen LogP contribution in [0, 0.1) is 17.6 Å². The number of halogens is 2. The van der Waals surface area contributed by atoms with Crippen molar-refractivity contribution in [1.29, 1.82) is 0 Å². The van der Waals surface area contributed by atoms with Gasteiger partial charge in [0.2, 0.25) is 0 Å². The first-order valence-electron chi connectivity index (χ1n) is 8.73. The first-order valence-corrected chi connectivity index (χ1v) is 8.73. The van der Waals surface area contributed by atoms with Gasteiger partial charge in [0.25, 0.3) is 5.91 Å². The van der Waals surface area contributed by atoms with Crippen LogP contribution in [0.25, 0.3) is 0 Å². The molecule has 0 aromatic heterocycles. The van der Waals surface area contributed by atoms with Crippen molar-refractivity contribution in [1.82, 2.24) is 4.90 Å². The highest BCUT2D eigenvalue weighted by molar-refractivity contribution is 6.04. The molecule has 7 heteroatoms. The zero-order valence-electron chi connectivity index (χ0n) is 14.6. The topological polar surface area (TPSA) is 69.6 Å². The van der Waals surface area contributed by atoms with Crippen molar-refractivity contribution in [3.63, 3.8) is 0 Å². The van der Waals surface area contributed by atoms with Gasteiger partial charge in [-0.1, -0.05) is 12.1 Å². The number of hydrogen-bond acceptors (Lipinski definition) is 3. The lowest BCUT2D eigenvalue weighted by Crippen LogP contribution is -2.35. The van der Waals surface area contributed by atoms with Crippen molar-refractivity contribution in [3.05, 3.63) is 65.2 Å². The summed E-state index contributed by atoms with van der Waals surface area (Å²) in [6.45, 7) is 2.08. The summed E-state index contributed by atoms with van der Waals surface area (Å²) in [4.78, 5) is 25.4. The molecule has 0 bridgehead atoms. The lowest BCUT2D eigenvalue weighted by Gasteiger charge is -2.30. The maximum absolute atomic E-state index is 13.3. The van der Waals surface area contributed by atoms with Crippen LogP contribution in [-0.2, 0) is 11.3 Å². The number of nitrogens with zero attached hydrogens (tertiary/aromatic N) is 1. The minimum atomic E-state index is -1.07. The predicted octanol–water partition coefficient (Wildman–Crippen LogP) is 3.51. The van der Waals surface area contributed by atoms with Gasteiger partial charge in [0, 0.05) is 17.8 Å². The number of hydrogen-bond donors (Lipinski definition) is 2. The molecule has 1 fully saturated rings. The zero-order chi connectivity index (χ0) is 19.4. The molecule has 0 atom stereocenters. The van der Waals surface area contributed by atoms with E-state index in [9.17, 15) is 18.4 Å². The van der Waals surface area contributed by atoms with Crippen molar-refractivity contribution in [2.24, 2.45) is 5.92 Å². The number of carboxylic acids is 1. The number of carbonyl (C=O) groups excluding carboxylic acids is 1. The highest BCUT2D eigenvalue weighted by Crippen LogP contribution is 2.20. The van der Waals surface area contributed by atoms with E-state index in [0.717, 1.165) is 17.7 Å². The first kappa shape index (κ1) is 19.0. The fourth-order valence-electron chi connectivity index (χ4n) is 3.18. The van der Waals surface area contributed by atoms with Crippen molar-refractivity contribution >= 4 is 17.6 Å². The van der Waals surface area contributed by atoms with Gasteiger partial charge >= 0.3 is 5.97 Å². The molecular formula is C20H20F2N2O3.